The normalized spacial score (nSPS) is 26.0. The third kappa shape index (κ3) is 3.07. The fourth-order valence-electron chi connectivity index (χ4n) is 2.94. The Morgan fingerprint density at radius 3 is 2.38 bits per heavy atom. The number of rotatable bonds is 5. The summed E-state index contributed by atoms with van der Waals surface area (Å²) in [5.74, 6) is 0. The molecular formula is C15H22N2O3S. The first-order chi connectivity index (χ1) is 10.1. The molecule has 2 atom stereocenters. The number of sulfonamides is 1. The largest absolute Gasteiger partial charge is 0.385 e. The minimum absolute atomic E-state index is 0.0732. The lowest BCUT2D eigenvalue weighted by molar-refractivity contribution is -0.0114. The van der Waals surface area contributed by atoms with Gasteiger partial charge < -0.3 is 10.1 Å². The van der Waals surface area contributed by atoms with E-state index in [9.17, 15) is 8.42 Å². The molecule has 2 fully saturated rings. The number of nitrogens with zero attached hydrogens (tertiary/aromatic N) is 1. The van der Waals surface area contributed by atoms with E-state index in [1.807, 2.05) is 12.1 Å². The van der Waals surface area contributed by atoms with E-state index in [1.54, 1.807) is 16.4 Å². The molecule has 2 aliphatic heterocycles. The van der Waals surface area contributed by atoms with Crippen LogP contribution < -0.4 is 5.32 Å². The van der Waals surface area contributed by atoms with Crippen LogP contribution in [0, 0.1) is 0 Å². The monoisotopic (exact) mass is 310 g/mol. The number of fused-ring (bicyclic) bond motifs is 2. The van der Waals surface area contributed by atoms with E-state index in [4.69, 9.17) is 4.74 Å². The molecule has 0 aromatic heterocycles. The van der Waals surface area contributed by atoms with Crippen LogP contribution in [0.1, 0.15) is 26.2 Å². The maximum absolute atomic E-state index is 12.7. The Morgan fingerprint density at radius 2 is 1.81 bits per heavy atom. The van der Waals surface area contributed by atoms with E-state index in [0.29, 0.717) is 18.0 Å². The second-order valence-electron chi connectivity index (χ2n) is 5.73. The van der Waals surface area contributed by atoms with Gasteiger partial charge in [-0.15, -0.1) is 0 Å². The molecule has 2 aliphatic rings. The van der Waals surface area contributed by atoms with Gasteiger partial charge in [-0.05, 0) is 43.5 Å². The Hall–Kier alpha value is -1.11. The molecule has 3 rings (SSSR count). The first-order valence-corrected chi connectivity index (χ1v) is 9.03. The summed E-state index contributed by atoms with van der Waals surface area (Å²) in [6.07, 6.45) is 3.12. The molecule has 2 unspecified atom stereocenters. The number of ether oxygens (including phenoxy) is 1. The number of benzene rings is 1. The highest BCUT2D eigenvalue weighted by Crippen LogP contribution is 2.30. The van der Waals surface area contributed by atoms with Gasteiger partial charge in [0.05, 0.1) is 17.1 Å². The van der Waals surface area contributed by atoms with Gasteiger partial charge in [-0.2, -0.15) is 4.31 Å². The molecule has 6 heteroatoms. The van der Waals surface area contributed by atoms with Gasteiger partial charge in [0.15, 0.2) is 0 Å². The minimum Gasteiger partial charge on any atom is -0.385 e. The SMILES string of the molecule is CCCNc1ccc(S(=O)(=O)N2CC3CCC(C2)O3)cc1. The lowest BCUT2D eigenvalue weighted by Gasteiger charge is -2.31. The van der Waals surface area contributed by atoms with Gasteiger partial charge in [0.1, 0.15) is 0 Å². The average molecular weight is 310 g/mol. The van der Waals surface area contributed by atoms with E-state index in [0.717, 1.165) is 31.5 Å². The Bertz CT molecular complexity index is 573. The summed E-state index contributed by atoms with van der Waals surface area (Å²) >= 11 is 0. The van der Waals surface area contributed by atoms with E-state index in [-0.39, 0.29) is 12.2 Å². The van der Waals surface area contributed by atoms with Crippen LogP contribution in [-0.4, -0.2) is 44.6 Å². The molecule has 0 aliphatic carbocycles. The quantitative estimate of drug-likeness (QED) is 0.904. The summed E-state index contributed by atoms with van der Waals surface area (Å²) in [7, 11) is -3.40. The molecule has 5 nitrogen and oxygen atoms in total. The molecule has 116 valence electrons. The fraction of sp³-hybridized carbons (Fsp3) is 0.600. The van der Waals surface area contributed by atoms with Crippen LogP contribution in [0.3, 0.4) is 0 Å². The topological polar surface area (TPSA) is 58.6 Å². The number of nitrogens with one attached hydrogen (secondary N) is 1. The standard InChI is InChI=1S/C15H22N2O3S/c1-2-9-16-12-3-7-15(8-4-12)21(18,19)17-10-13-5-6-14(11-17)20-13/h3-4,7-8,13-14,16H,2,5-6,9-11H2,1H3. The number of morpholine rings is 1. The highest BCUT2D eigenvalue weighted by atomic mass is 32.2. The molecule has 0 amide bonds. The minimum atomic E-state index is -3.40. The zero-order valence-electron chi connectivity index (χ0n) is 12.3. The van der Waals surface area contributed by atoms with Crippen molar-refractivity contribution < 1.29 is 13.2 Å². The molecule has 2 heterocycles. The first kappa shape index (κ1) is 14.8. The smallest absolute Gasteiger partial charge is 0.243 e. The van der Waals surface area contributed by atoms with Crippen LogP contribution in [-0.2, 0) is 14.8 Å². The third-order valence-corrected chi connectivity index (χ3v) is 5.93. The lowest BCUT2D eigenvalue weighted by atomic mass is 10.2. The molecule has 1 aromatic carbocycles. The van der Waals surface area contributed by atoms with E-state index in [1.165, 1.54) is 0 Å². The van der Waals surface area contributed by atoms with Crippen molar-refractivity contribution in [2.75, 3.05) is 25.0 Å². The van der Waals surface area contributed by atoms with Crippen molar-refractivity contribution in [2.45, 2.75) is 43.3 Å². The zero-order chi connectivity index (χ0) is 14.9. The predicted octanol–water partition coefficient (Wildman–Crippen LogP) is 2.06. The molecule has 1 N–H and O–H groups in total. The summed E-state index contributed by atoms with van der Waals surface area (Å²) in [6, 6.07) is 7.03. The molecule has 0 spiro atoms. The third-order valence-electron chi connectivity index (χ3n) is 4.08. The van der Waals surface area contributed by atoms with Gasteiger partial charge in [-0.1, -0.05) is 6.92 Å². The molecule has 21 heavy (non-hydrogen) atoms. The van der Waals surface area contributed by atoms with Gasteiger partial charge in [0.25, 0.3) is 0 Å². The van der Waals surface area contributed by atoms with Crippen LogP contribution in [0.4, 0.5) is 5.69 Å². The maximum atomic E-state index is 12.7. The summed E-state index contributed by atoms with van der Waals surface area (Å²) in [5.41, 5.74) is 0.956. The summed E-state index contributed by atoms with van der Waals surface area (Å²) in [5, 5.41) is 3.25. The fourth-order valence-corrected chi connectivity index (χ4v) is 4.44. The predicted molar refractivity (Wildman–Crippen MR) is 81.9 cm³/mol. The van der Waals surface area contributed by atoms with Crippen molar-refractivity contribution in [1.82, 2.24) is 4.31 Å². The van der Waals surface area contributed by atoms with Crippen molar-refractivity contribution in [3.05, 3.63) is 24.3 Å². The van der Waals surface area contributed by atoms with E-state index < -0.39 is 10.0 Å². The number of hydrogen-bond donors (Lipinski definition) is 1. The van der Waals surface area contributed by atoms with Crippen LogP contribution >= 0.6 is 0 Å². The van der Waals surface area contributed by atoms with Crippen LogP contribution in [0.5, 0.6) is 0 Å². The second-order valence-corrected chi connectivity index (χ2v) is 7.67. The van der Waals surface area contributed by atoms with Gasteiger partial charge in [0, 0.05) is 25.3 Å². The molecule has 2 bridgehead atoms. The van der Waals surface area contributed by atoms with Crippen molar-refractivity contribution in [2.24, 2.45) is 0 Å². The summed E-state index contributed by atoms with van der Waals surface area (Å²) in [6.45, 7) is 3.95. The molecule has 0 radical (unpaired) electrons. The molecule has 0 saturated carbocycles. The van der Waals surface area contributed by atoms with Crippen molar-refractivity contribution >= 4 is 15.7 Å². The van der Waals surface area contributed by atoms with Gasteiger partial charge in [-0.25, -0.2) is 8.42 Å². The Balaban J connectivity index is 1.75. The number of anilines is 1. The molecule has 2 saturated heterocycles. The number of hydrogen-bond acceptors (Lipinski definition) is 4. The van der Waals surface area contributed by atoms with Gasteiger partial charge >= 0.3 is 0 Å². The Morgan fingerprint density at radius 1 is 1.19 bits per heavy atom. The highest BCUT2D eigenvalue weighted by Gasteiger charge is 2.39. The van der Waals surface area contributed by atoms with Crippen LogP contribution in [0.25, 0.3) is 0 Å². The summed E-state index contributed by atoms with van der Waals surface area (Å²) in [4.78, 5) is 0.367. The van der Waals surface area contributed by atoms with Crippen molar-refractivity contribution in [3.8, 4) is 0 Å². The Labute approximate surface area is 126 Å². The van der Waals surface area contributed by atoms with Gasteiger partial charge in [-0.3, -0.25) is 0 Å². The van der Waals surface area contributed by atoms with Gasteiger partial charge in [0.2, 0.25) is 10.0 Å². The van der Waals surface area contributed by atoms with Crippen molar-refractivity contribution in [3.63, 3.8) is 0 Å². The van der Waals surface area contributed by atoms with E-state index >= 15 is 0 Å². The average Bonchev–Trinajstić information content (AvgIpc) is 2.83. The lowest BCUT2D eigenvalue weighted by Crippen LogP contribution is -2.45. The summed E-state index contributed by atoms with van der Waals surface area (Å²) < 4.78 is 32.6. The van der Waals surface area contributed by atoms with Crippen LogP contribution in [0.2, 0.25) is 0 Å². The second kappa shape index (κ2) is 5.94. The molecular weight excluding hydrogens is 288 g/mol. The first-order valence-electron chi connectivity index (χ1n) is 7.59. The van der Waals surface area contributed by atoms with E-state index in [2.05, 4.69) is 12.2 Å². The Kier molecular flexibility index (Phi) is 4.19. The van der Waals surface area contributed by atoms with Crippen molar-refractivity contribution in [1.29, 1.82) is 0 Å². The van der Waals surface area contributed by atoms with Crippen LogP contribution in [0.15, 0.2) is 29.2 Å². The zero-order valence-corrected chi connectivity index (χ0v) is 13.1. The molecule has 1 aromatic rings. The maximum Gasteiger partial charge on any atom is 0.243 e. The highest BCUT2D eigenvalue weighted by molar-refractivity contribution is 7.89.